The van der Waals surface area contributed by atoms with Gasteiger partial charge in [-0.2, -0.15) is 0 Å². The summed E-state index contributed by atoms with van der Waals surface area (Å²) in [7, 11) is 0. The maximum absolute atomic E-state index is 11.9. The number of carbonyl (C=O) groups excluding carboxylic acids is 1. The van der Waals surface area contributed by atoms with E-state index in [1.807, 2.05) is 30.3 Å². The van der Waals surface area contributed by atoms with E-state index in [1.165, 1.54) is 6.20 Å². The van der Waals surface area contributed by atoms with Crippen molar-refractivity contribution in [1.29, 1.82) is 0 Å². The van der Waals surface area contributed by atoms with Crippen LogP contribution in [-0.4, -0.2) is 17.0 Å². The Bertz CT molecular complexity index is 543. The Labute approximate surface area is 116 Å². The first-order valence-electron chi connectivity index (χ1n) is 5.79. The highest BCUT2D eigenvalue weighted by Crippen LogP contribution is 2.14. The number of benzene rings is 1. The quantitative estimate of drug-likeness (QED) is 0.873. The number of hydrogen-bond acceptors (Lipinski definition) is 3. The highest BCUT2D eigenvalue weighted by Gasteiger charge is 2.14. The molecule has 19 heavy (non-hydrogen) atoms. The molecule has 4 nitrogen and oxygen atoms in total. The lowest BCUT2D eigenvalue weighted by atomic mass is 10.3. The summed E-state index contributed by atoms with van der Waals surface area (Å²) in [6, 6.07) is 12.5. The minimum absolute atomic E-state index is 0.221. The van der Waals surface area contributed by atoms with Gasteiger partial charge in [0.1, 0.15) is 10.9 Å². The Balaban J connectivity index is 1.94. The lowest BCUT2D eigenvalue weighted by Gasteiger charge is -2.14. The van der Waals surface area contributed by atoms with Crippen molar-refractivity contribution in [3.8, 4) is 5.75 Å². The molecule has 1 heterocycles. The first-order valence-corrected chi connectivity index (χ1v) is 6.17. The lowest BCUT2D eigenvalue weighted by Crippen LogP contribution is -2.30. The largest absolute Gasteiger partial charge is 0.479 e. The molecule has 0 aliphatic heterocycles. The van der Waals surface area contributed by atoms with Crippen molar-refractivity contribution in [3.05, 3.63) is 53.8 Å². The maximum Gasteiger partial charge on any atom is 0.265 e. The molecule has 98 valence electrons. The first-order chi connectivity index (χ1) is 9.15. The minimum atomic E-state index is -0.622. The first kappa shape index (κ1) is 13.4. The van der Waals surface area contributed by atoms with Gasteiger partial charge in [0.15, 0.2) is 6.10 Å². The van der Waals surface area contributed by atoms with Crippen molar-refractivity contribution in [3.63, 3.8) is 0 Å². The van der Waals surface area contributed by atoms with Crippen LogP contribution in [0.2, 0.25) is 5.15 Å². The van der Waals surface area contributed by atoms with Crippen molar-refractivity contribution in [1.82, 2.24) is 4.98 Å². The lowest BCUT2D eigenvalue weighted by molar-refractivity contribution is -0.122. The van der Waals surface area contributed by atoms with Gasteiger partial charge in [-0.3, -0.25) is 4.79 Å². The van der Waals surface area contributed by atoms with Crippen molar-refractivity contribution < 1.29 is 9.53 Å². The summed E-state index contributed by atoms with van der Waals surface area (Å²) in [5.41, 5.74) is 0.734. The highest BCUT2D eigenvalue weighted by atomic mass is 35.5. The molecule has 2 rings (SSSR count). The van der Waals surface area contributed by atoms with Crippen LogP contribution in [0.5, 0.6) is 5.75 Å². The average molecular weight is 277 g/mol. The number of pyridine rings is 1. The normalized spacial score (nSPS) is 11.7. The predicted octanol–water partition coefficient (Wildman–Crippen LogP) is 3.14. The van der Waals surface area contributed by atoms with Crippen LogP contribution in [-0.2, 0) is 4.79 Å². The molecule has 0 saturated carbocycles. The molecule has 0 spiro atoms. The van der Waals surface area contributed by atoms with Gasteiger partial charge in [0.25, 0.3) is 5.91 Å². The molecular weight excluding hydrogens is 264 g/mol. The van der Waals surface area contributed by atoms with Crippen LogP contribution in [0.25, 0.3) is 0 Å². The molecule has 0 aliphatic carbocycles. The van der Waals surface area contributed by atoms with E-state index in [-0.39, 0.29) is 5.91 Å². The van der Waals surface area contributed by atoms with Gasteiger partial charge in [0.05, 0.1) is 6.20 Å². The number of halogens is 1. The van der Waals surface area contributed by atoms with Crippen LogP contribution in [0.3, 0.4) is 0 Å². The Kier molecular flexibility index (Phi) is 4.36. The molecule has 0 saturated heterocycles. The summed E-state index contributed by atoms with van der Waals surface area (Å²) in [6.07, 6.45) is 0.859. The molecule has 0 fully saturated rings. The number of nitrogens with zero attached hydrogens (tertiary/aromatic N) is 1. The molecule has 2 aromatic rings. The smallest absolute Gasteiger partial charge is 0.265 e. The van der Waals surface area contributed by atoms with E-state index in [1.54, 1.807) is 19.1 Å². The summed E-state index contributed by atoms with van der Waals surface area (Å²) in [6.45, 7) is 1.67. The van der Waals surface area contributed by atoms with Crippen LogP contribution >= 0.6 is 11.6 Å². The zero-order valence-electron chi connectivity index (χ0n) is 10.3. The molecular formula is C14H13ClN2O2. The van der Waals surface area contributed by atoms with Gasteiger partial charge in [-0.25, -0.2) is 4.98 Å². The van der Waals surface area contributed by atoms with Gasteiger partial charge in [0.2, 0.25) is 0 Å². The molecule has 5 heteroatoms. The molecule has 0 aliphatic rings. The van der Waals surface area contributed by atoms with E-state index in [0.29, 0.717) is 10.9 Å². The van der Waals surface area contributed by atoms with Gasteiger partial charge in [-0.05, 0) is 31.2 Å². The Morgan fingerprint density at radius 2 is 2.00 bits per heavy atom. The van der Waals surface area contributed by atoms with Crippen molar-refractivity contribution >= 4 is 23.2 Å². The van der Waals surface area contributed by atoms with Gasteiger partial charge < -0.3 is 10.1 Å². The van der Waals surface area contributed by atoms with E-state index >= 15 is 0 Å². The summed E-state index contributed by atoms with van der Waals surface area (Å²) >= 11 is 5.67. The van der Waals surface area contributed by atoms with Crippen LogP contribution in [0, 0.1) is 0 Å². The molecule has 0 radical (unpaired) electrons. The summed E-state index contributed by atoms with van der Waals surface area (Å²) in [4.78, 5) is 15.8. The van der Waals surface area contributed by atoms with Crippen molar-refractivity contribution in [2.75, 3.05) is 5.32 Å². The average Bonchev–Trinajstić information content (AvgIpc) is 2.42. The number of amides is 1. The third-order valence-electron chi connectivity index (χ3n) is 2.42. The van der Waals surface area contributed by atoms with E-state index < -0.39 is 6.10 Å². The van der Waals surface area contributed by atoms with E-state index in [4.69, 9.17) is 16.3 Å². The zero-order valence-corrected chi connectivity index (χ0v) is 11.1. The monoisotopic (exact) mass is 276 g/mol. The van der Waals surface area contributed by atoms with Gasteiger partial charge in [-0.1, -0.05) is 29.8 Å². The molecule has 1 aromatic carbocycles. The minimum Gasteiger partial charge on any atom is -0.479 e. The number of carbonyl (C=O) groups is 1. The Hall–Kier alpha value is -2.07. The van der Waals surface area contributed by atoms with Gasteiger partial charge in [-0.15, -0.1) is 0 Å². The molecule has 1 unspecified atom stereocenters. The van der Waals surface area contributed by atoms with Crippen LogP contribution in [0.15, 0.2) is 48.7 Å². The highest BCUT2D eigenvalue weighted by molar-refractivity contribution is 6.29. The molecule has 1 N–H and O–H groups in total. The number of anilines is 1. The number of para-hydroxylation sites is 1. The van der Waals surface area contributed by atoms with Gasteiger partial charge in [0, 0.05) is 5.69 Å². The molecule has 1 aromatic heterocycles. The van der Waals surface area contributed by atoms with Crippen LogP contribution in [0.1, 0.15) is 6.92 Å². The number of hydrogen-bond donors (Lipinski definition) is 1. The summed E-state index contributed by atoms with van der Waals surface area (Å²) in [5.74, 6) is 0.279. The van der Waals surface area contributed by atoms with Crippen molar-refractivity contribution in [2.45, 2.75) is 13.0 Å². The second-order valence-electron chi connectivity index (χ2n) is 3.93. The van der Waals surface area contributed by atoms with Crippen molar-refractivity contribution in [2.24, 2.45) is 0 Å². The second-order valence-corrected chi connectivity index (χ2v) is 4.32. The van der Waals surface area contributed by atoms with Crippen LogP contribution < -0.4 is 10.1 Å². The fraction of sp³-hybridized carbons (Fsp3) is 0.143. The molecule has 0 bridgehead atoms. The van der Waals surface area contributed by atoms with E-state index in [2.05, 4.69) is 10.3 Å². The van der Waals surface area contributed by atoms with E-state index in [9.17, 15) is 4.79 Å². The number of nitrogens with one attached hydrogen (secondary N) is 1. The zero-order chi connectivity index (χ0) is 13.7. The third-order valence-corrected chi connectivity index (χ3v) is 2.65. The standard InChI is InChI=1S/C14H13ClN2O2/c1-10(19-12-7-8-13(15)16-9-12)14(18)17-11-5-3-2-4-6-11/h2-10H,1H3,(H,17,18). The SMILES string of the molecule is CC(Oc1ccc(Cl)nc1)C(=O)Nc1ccccc1. The summed E-state index contributed by atoms with van der Waals surface area (Å²) in [5, 5.41) is 3.15. The van der Waals surface area contributed by atoms with E-state index in [0.717, 1.165) is 5.69 Å². The summed E-state index contributed by atoms with van der Waals surface area (Å²) < 4.78 is 5.47. The molecule has 1 amide bonds. The predicted molar refractivity (Wildman–Crippen MR) is 74.4 cm³/mol. The Morgan fingerprint density at radius 3 is 2.63 bits per heavy atom. The number of rotatable bonds is 4. The molecule has 1 atom stereocenters. The maximum atomic E-state index is 11.9. The topological polar surface area (TPSA) is 51.2 Å². The number of aromatic nitrogens is 1. The Morgan fingerprint density at radius 1 is 1.26 bits per heavy atom. The number of ether oxygens (including phenoxy) is 1. The third kappa shape index (κ3) is 3.96. The fourth-order valence-corrected chi connectivity index (χ4v) is 1.57. The fourth-order valence-electron chi connectivity index (χ4n) is 1.45. The van der Waals surface area contributed by atoms with Crippen LogP contribution in [0.4, 0.5) is 5.69 Å². The van der Waals surface area contributed by atoms with Gasteiger partial charge >= 0.3 is 0 Å². The second kappa shape index (κ2) is 6.20.